The number of carboxylic acid groups (broad SMARTS) is 2. The summed E-state index contributed by atoms with van der Waals surface area (Å²) < 4.78 is 42.2. The molecule has 1 unspecified atom stereocenters. The molecule has 70 heavy (non-hydrogen) atoms. The fourth-order valence-corrected chi connectivity index (χ4v) is 7.52. The van der Waals surface area contributed by atoms with E-state index < -0.39 is 51.7 Å². The fourth-order valence-electron chi connectivity index (χ4n) is 7.13. The van der Waals surface area contributed by atoms with Gasteiger partial charge in [-0.3, -0.25) is 9.59 Å². The van der Waals surface area contributed by atoms with Crippen LogP contribution in [0.1, 0.15) is 68.5 Å². The number of aliphatic hydroxyl groups is 2. The molecule has 0 aliphatic carbocycles. The zero-order chi connectivity index (χ0) is 51.1. The second kappa shape index (κ2) is 25.2. The number of hydrogen-bond acceptors (Lipinski definition) is 10. The van der Waals surface area contributed by atoms with Gasteiger partial charge >= 0.3 is 11.9 Å². The number of methoxy groups -OCH3 is 2. The first-order valence-electron chi connectivity index (χ1n) is 21.6. The van der Waals surface area contributed by atoms with Gasteiger partial charge in [0.1, 0.15) is 34.1 Å². The van der Waals surface area contributed by atoms with E-state index in [1.807, 2.05) is 56.3 Å². The molecule has 14 nitrogen and oxygen atoms in total. The smallest absolute Gasteiger partial charge is 0.341 e. The summed E-state index contributed by atoms with van der Waals surface area (Å²) in [6.45, 7) is 3.70. The Balaban J connectivity index is 0.000000228. The molecule has 1 atom stereocenters. The summed E-state index contributed by atoms with van der Waals surface area (Å²) in [6, 6.07) is 32.8. The summed E-state index contributed by atoms with van der Waals surface area (Å²) in [6.07, 6.45) is 1.35. The molecular formula is C52H48Cl2F2N4O10. The van der Waals surface area contributed by atoms with Gasteiger partial charge in [0.2, 0.25) is 22.6 Å². The van der Waals surface area contributed by atoms with Gasteiger partial charge < -0.3 is 39.0 Å². The van der Waals surface area contributed by atoms with E-state index >= 15 is 0 Å². The molecule has 0 fully saturated rings. The van der Waals surface area contributed by atoms with Gasteiger partial charge in [-0.2, -0.15) is 9.97 Å². The molecule has 0 aliphatic rings. The lowest BCUT2D eigenvalue weighted by Crippen LogP contribution is -2.22. The van der Waals surface area contributed by atoms with Crippen LogP contribution in [0.4, 0.5) is 8.78 Å². The number of pyridine rings is 4. The van der Waals surface area contributed by atoms with Crippen LogP contribution in [0.5, 0.6) is 11.8 Å². The summed E-state index contributed by atoms with van der Waals surface area (Å²) in [7, 11) is 2.77. The second-order valence-corrected chi connectivity index (χ2v) is 15.7. The summed E-state index contributed by atoms with van der Waals surface area (Å²) in [5.41, 5.74) is -0.155. The van der Waals surface area contributed by atoms with E-state index in [9.17, 15) is 48.4 Å². The van der Waals surface area contributed by atoms with E-state index in [1.54, 1.807) is 48.5 Å². The Hall–Kier alpha value is -7.50. The maximum atomic E-state index is 14.5. The van der Waals surface area contributed by atoms with Crippen LogP contribution in [0.3, 0.4) is 0 Å². The van der Waals surface area contributed by atoms with E-state index in [2.05, 4.69) is 9.97 Å². The molecule has 4 heterocycles. The highest BCUT2D eigenvalue weighted by atomic mass is 35.5. The number of aromatic carboxylic acids is 2. The Morgan fingerprint density at radius 2 is 1.03 bits per heavy atom. The normalized spacial score (nSPS) is 11.0. The van der Waals surface area contributed by atoms with Gasteiger partial charge in [-0.25, -0.2) is 18.4 Å². The largest absolute Gasteiger partial charge is 0.481 e. The molecule has 4 aromatic carbocycles. The number of aromatic nitrogens is 4. The Bertz CT molecular complexity index is 3200. The highest BCUT2D eigenvalue weighted by Crippen LogP contribution is 2.29. The predicted octanol–water partition coefficient (Wildman–Crippen LogP) is 9.41. The molecule has 0 amide bonds. The van der Waals surface area contributed by atoms with E-state index in [4.69, 9.17) is 32.7 Å². The van der Waals surface area contributed by atoms with Crippen LogP contribution >= 0.6 is 23.2 Å². The number of hydrogen-bond donors (Lipinski definition) is 4. The van der Waals surface area contributed by atoms with Gasteiger partial charge in [0.25, 0.3) is 0 Å². The van der Waals surface area contributed by atoms with Crippen molar-refractivity contribution in [1.29, 1.82) is 0 Å². The predicted molar refractivity (Wildman–Crippen MR) is 264 cm³/mol. The average Bonchev–Trinajstić information content (AvgIpc) is 3.37. The lowest BCUT2D eigenvalue weighted by atomic mass is 10.0. The number of fused-ring (bicyclic) bond motifs is 2. The van der Waals surface area contributed by atoms with Crippen molar-refractivity contribution in [2.24, 2.45) is 0 Å². The maximum absolute atomic E-state index is 14.5. The molecule has 4 N–H and O–H groups in total. The number of rotatable bonds is 13. The summed E-state index contributed by atoms with van der Waals surface area (Å²) in [5.74, 6) is -3.71. The molecular weight excluding hydrogens is 949 g/mol. The third-order valence-electron chi connectivity index (χ3n) is 10.4. The van der Waals surface area contributed by atoms with Crippen molar-refractivity contribution >= 4 is 57.2 Å². The molecule has 4 aromatic heterocycles. The molecule has 0 aliphatic heterocycles. The Labute approximate surface area is 410 Å². The van der Waals surface area contributed by atoms with Crippen LogP contribution in [0.25, 0.3) is 22.1 Å². The number of ether oxygens (including phenoxy) is 2. The van der Waals surface area contributed by atoms with E-state index in [0.29, 0.717) is 16.7 Å². The minimum Gasteiger partial charge on any atom is -0.481 e. The van der Waals surface area contributed by atoms with Gasteiger partial charge in [-0.15, -0.1) is 0 Å². The third kappa shape index (κ3) is 12.8. The first kappa shape index (κ1) is 53.5. The minimum atomic E-state index is -1.41. The summed E-state index contributed by atoms with van der Waals surface area (Å²) in [5, 5.41) is 38.8. The maximum Gasteiger partial charge on any atom is 0.341 e. The van der Waals surface area contributed by atoms with Crippen LogP contribution in [-0.2, 0) is 25.9 Å². The van der Waals surface area contributed by atoms with Crippen molar-refractivity contribution in [3.63, 3.8) is 0 Å². The van der Waals surface area contributed by atoms with E-state index in [0.717, 1.165) is 12.4 Å². The molecule has 8 rings (SSSR count). The van der Waals surface area contributed by atoms with Gasteiger partial charge in [-0.05, 0) is 41.0 Å². The highest BCUT2D eigenvalue weighted by Gasteiger charge is 2.22. The summed E-state index contributed by atoms with van der Waals surface area (Å²) in [4.78, 5) is 57.5. The quantitative estimate of drug-likeness (QED) is 0.0854. The first-order valence-corrected chi connectivity index (χ1v) is 22.3. The molecule has 8 aromatic rings. The second-order valence-electron chi connectivity index (χ2n) is 14.8. The SMILES string of the molecule is CC.COc1nc2c(cc1Cc1cccc(Cl)c1F)c(=O)c(C(=O)O)cn2CC(O)c1ccccc1.COc1nc2c(cc1Cc1cccc(Cl)c1F)c(=O)c(C(=O)O)cn2CCO.c1ccccc1. The van der Waals surface area contributed by atoms with E-state index in [-0.39, 0.29) is 87.5 Å². The fraction of sp³-hybridized carbons (Fsp3) is 0.192. The lowest BCUT2D eigenvalue weighted by molar-refractivity contribution is 0.0683. The average molecular weight is 998 g/mol. The molecule has 0 spiro atoms. The van der Waals surface area contributed by atoms with Gasteiger partial charge in [0.15, 0.2) is 0 Å². The van der Waals surface area contributed by atoms with Gasteiger partial charge in [-0.1, -0.05) is 128 Å². The van der Waals surface area contributed by atoms with E-state index in [1.165, 1.54) is 47.6 Å². The number of halogens is 4. The van der Waals surface area contributed by atoms with Gasteiger partial charge in [0, 0.05) is 42.9 Å². The molecule has 0 saturated heterocycles. The lowest BCUT2D eigenvalue weighted by Gasteiger charge is -2.18. The standard InChI is InChI=1S/C25H20ClFN2O5.C19H16ClFN2O5.C6H6.C2H6/c1-34-24-16(10-15-8-5-9-19(26)21(15)27)11-17-22(31)18(25(32)33)12-29(23(17)28-24)13-20(30)14-6-3-2-4-7-14;1-28-18-11(7-10-3-2-4-14(20)15(10)21)8-12-16(25)13(19(26)27)9-23(5-6-24)17(12)22-18;1-2-4-6-5-3-1;1-2/h2-9,11-12,20,30H,10,13H2,1H3,(H,32,33);2-4,8-9,24H,5-7H2,1H3,(H,26,27);1-6H;1-2H3. The van der Waals surface area contributed by atoms with Crippen LogP contribution < -0.4 is 20.3 Å². The Morgan fingerprint density at radius 1 is 0.629 bits per heavy atom. The van der Waals surface area contributed by atoms with Crippen LogP contribution in [0, 0.1) is 11.6 Å². The Kier molecular flexibility index (Phi) is 19.2. The first-order chi connectivity index (χ1) is 33.7. The number of carboxylic acids is 2. The topological polar surface area (TPSA) is 203 Å². The molecule has 0 bridgehead atoms. The van der Waals surface area contributed by atoms with Crippen molar-refractivity contribution in [2.75, 3.05) is 20.8 Å². The van der Waals surface area contributed by atoms with Gasteiger partial charge in [0.05, 0.1) is 54.3 Å². The van der Waals surface area contributed by atoms with Crippen molar-refractivity contribution in [2.45, 2.75) is 45.9 Å². The number of nitrogens with zero attached hydrogens (tertiary/aromatic N) is 4. The minimum absolute atomic E-state index is 0.0124. The van der Waals surface area contributed by atoms with Crippen LogP contribution in [-0.4, -0.2) is 72.3 Å². The molecule has 364 valence electrons. The van der Waals surface area contributed by atoms with Crippen molar-refractivity contribution < 1.29 is 48.3 Å². The monoisotopic (exact) mass is 996 g/mol. The number of aliphatic hydroxyl groups excluding tert-OH is 2. The van der Waals surface area contributed by atoms with Crippen molar-refractivity contribution in [3.05, 3.63) is 209 Å². The number of benzene rings is 4. The Morgan fingerprint density at radius 3 is 1.43 bits per heavy atom. The molecule has 0 radical (unpaired) electrons. The van der Waals surface area contributed by atoms with Crippen LogP contribution in [0.15, 0.2) is 137 Å². The number of carbonyl (C=O) groups is 2. The third-order valence-corrected chi connectivity index (χ3v) is 11.0. The van der Waals surface area contributed by atoms with Crippen LogP contribution in [0.2, 0.25) is 10.0 Å². The molecule has 18 heteroatoms. The zero-order valence-corrected chi connectivity index (χ0v) is 39.8. The highest BCUT2D eigenvalue weighted by molar-refractivity contribution is 6.31. The zero-order valence-electron chi connectivity index (χ0n) is 38.3. The molecule has 0 saturated carbocycles. The van der Waals surface area contributed by atoms with Crippen molar-refractivity contribution in [3.8, 4) is 11.8 Å². The summed E-state index contributed by atoms with van der Waals surface area (Å²) >= 11 is 11.7. The van der Waals surface area contributed by atoms with Crippen molar-refractivity contribution in [1.82, 2.24) is 19.1 Å².